The van der Waals surface area contributed by atoms with Gasteiger partial charge in [-0.05, 0) is 12.8 Å². The maximum absolute atomic E-state index is 12.3. The number of likely N-dealkylation sites (tertiary alicyclic amines) is 1. The fourth-order valence-electron chi connectivity index (χ4n) is 2.67. The summed E-state index contributed by atoms with van der Waals surface area (Å²) in [6, 6.07) is 0. The molecule has 0 atom stereocenters. The summed E-state index contributed by atoms with van der Waals surface area (Å²) < 4.78 is 6.52. The molecule has 0 radical (unpaired) electrons. The zero-order valence-electron chi connectivity index (χ0n) is 14.4. The van der Waals surface area contributed by atoms with Crippen LogP contribution in [0.4, 0.5) is 0 Å². The lowest BCUT2D eigenvalue weighted by Crippen LogP contribution is -2.41. The Bertz CT molecular complexity index is 640. The average Bonchev–Trinajstić information content (AvgIpc) is 2.97. The van der Waals surface area contributed by atoms with E-state index < -0.39 is 0 Å². The number of esters is 1. The molecule has 1 aliphatic rings. The number of carbonyl (C=O) groups is 3. The minimum Gasteiger partial charge on any atom is -0.469 e. The Morgan fingerprint density at radius 2 is 1.96 bits per heavy atom. The Balaban J connectivity index is 1.81. The largest absolute Gasteiger partial charge is 0.469 e. The highest BCUT2D eigenvalue weighted by atomic mass is 32.2. The van der Waals surface area contributed by atoms with E-state index in [4.69, 9.17) is 10.5 Å². The molecular weight excluding hydrogens is 346 g/mol. The second-order valence-corrected chi connectivity index (χ2v) is 6.83. The Hall–Kier alpha value is -2.10. The molecule has 0 aromatic carbocycles. The number of carbonyl (C=O) groups excluding carboxylic acids is 3. The SMILES string of the molecule is COC(=O)C1CCN(C(=O)CSc2nnc(CCC(N)=O)n2C)CC1. The number of amides is 2. The topological polar surface area (TPSA) is 120 Å². The van der Waals surface area contributed by atoms with E-state index in [-0.39, 0.29) is 35.9 Å². The van der Waals surface area contributed by atoms with Crippen molar-refractivity contribution >= 4 is 29.5 Å². The van der Waals surface area contributed by atoms with Gasteiger partial charge in [-0.3, -0.25) is 14.4 Å². The molecule has 0 aliphatic carbocycles. The summed E-state index contributed by atoms with van der Waals surface area (Å²) in [6.45, 7) is 1.11. The van der Waals surface area contributed by atoms with Crippen molar-refractivity contribution in [1.82, 2.24) is 19.7 Å². The number of ether oxygens (including phenoxy) is 1. The smallest absolute Gasteiger partial charge is 0.308 e. The van der Waals surface area contributed by atoms with Crippen LogP contribution in [0, 0.1) is 5.92 Å². The lowest BCUT2D eigenvalue weighted by atomic mass is 9.97. The molecular formula is C15H23N5O4S. The van der Waals surface area contributed by atoms with Gasteiger partial charge >= 0.3 is 5.97 Å². The van der Waals surface area contributed by atoms with Crippen LogP contribution in [0.2, 0.25) is 0 Å². The molecule has 0 spiro atoms. The second-order valence-electron chi connectivity index (χ2n) is 5.89. The van der Waals surface area contributed by atoms with Crippen LogP contribution in [0.1, 0.15) is 25.1 Å². The van der Waals surface area contributed by atoms with Gasteiger partial charge in [-0.25, -0.2) is 0 Å². The van der Waals surface area contributed by atoms with Gasteiger partial charge in [-0.15, -0.1) is 10.2 Å². The summed E-state index contributed by atoms with van der Waals surface area (Å²) in [6.07, 6.45) is 1.90. The van der Waals surface area contributed by atoms with Gasteiger partial charge in [-0.1, -0.05) is 11.8 Å². The molecule has 2 rings (SSSR count). The number of piperidine rings is 1. The fourth-order valence-corrected chi connectivity index (χ4v) is 3.51. The third-order valence-electron chi connectivity index (χ3n) is 4.23. The van der Waals surface area contributed by atoms with E-state index in [0.717, 1.165) is 0 Å². The highest BCUT2D eigenvalue weighted by molar-refractivity contribution is 7.99. The molecule has 1 aliphatic heterocycles. The van der Waals surface area contributed by atoms with Gasteiger partial charge in [0.1, 0.15) is 5.82 Å². The summed E-state index contributed by atoms with van der Waals surface area (Å²) in [7, 11) is 3.18. The predicted octanol–water partition coefficient (Wildman–Crippen LogP) is -0.263. The van der Waals surface area contributed by atoms with E-state index in [1.807, 2.05) is 0 Å². The minimum absolute atomic E-state index is 0.00926. The maximum Gasteiger partial charge on any atom is 0.308 e. The quantitative estimate of drug-likeness (QED) is 0.519. The third kappa shape index (κ3) is 5.18. The molecule has 1 aromatic heterocycles. The zero-order chi connectivity index (χ0) is 18.4. The van der Waals surface area contributed by atoms with Crippen LogP contribution in [0.5, 0.6) is 0 Å². The third-order valence-corrected chi connectivity index (χ3v) is 5.23. The van der Waals surface area contributed by atoms with Crippen molar-refractivity contribution < 1.29 is 19.1 Å². The molecule has 0 unspecified atom stereocenters. The Kier molecular flexibility index (Phi) is 6.80. The lowest BCUT2D eigenvalue weighted by molar-refractivity contribution is -0.148. The van der Waals surface area contributed by atoms with Gasteiger partial charge < -0.3 is 19.9 Å². The summed E-state index contributed by atoms with van der Waals surface area (Å²) in [5, 5.41) is 8.70. The van der Waals surface area contributed by atoms with Crippen LogP contribution in [0.3, 0.4) is 0 Å². The number of nitrogens with two attached hydrogens (primary N) is 1. The number of aromatic nitrogens is 3. The van der Waals surface area contributed by atoms with Crippen molar-refractivity contribution in [2.75, 3.05) is 26.0 Å². The van der Waals surface area contributed by atoms with E-state index in [0.29, 0.717) is 43.3 Å². The molecule has 1 aromatic rings. The van der Waals surface area contributed by atoms with E-state index in [2.05, 4.69) is 10.2 Å². The number of hydrogen-bond acceptors (Lipinski definition) is 7. The Labute approximate surface area is 150 Å². The zero-order valence-corrected chi connectivity index (χ0v) is 15.3. The standard InChI is InChI=1S/C15H23N5O4S/c1-19-12(4-3-11(16)21)17-18-15(19)25-9-13(22)20-7-5-10(6-8-20)14(23)24-2/h10H,3-9H2,1-2H3,(H2,16,21). The van der Waals surface area contributed by atoms with Crippen LogP contribution in [0.25, 0.3) is 0 Å². The maximum atomic E-state index is 12.3. The number of primary amides is 1. The van der Waals surface area contributed by atoms with Gasteiger partial charge in [0.15, 0.2) is 5.16 Å². The van der Waals surface area contributed by atoms with Crippen LogP contribution >= 0.6 is 11.8 Å². The number of nitrogens with zero attached hydrogens (tertiary/aromatic N) is 4. The van der Waals surface area contributed by atoms with E-state index >= 15 is 0 Å². The number of aryl methyl sites for hydroxylation is 1. The highest BCUT2D eigenvalue weighted by Gasteiger charge is 2.28. The molecule has 25 heavy (non-hydrogen) atoms. The first-order valence-corrected chi connectivity index (χ1v) is 9.06. The monoisotopic (exact) mass is 369 g/mol. The van der Waals surface area contributed by atoms with Crippen molar-refractivity contribution in [2.24, 2.45) is 18.7 Å². The first-order valence-electron chi connectivity index (χ1n) is 8.07. The van der Waals surface area contributed by atoms with Crippen molar-refractivity contribution in [3.05, 3.63) is 5.82 Å². The van der Waals surface area contributed by atoms with Crippen LogP contribution in [-0.2, 0) is 32.6 Å². The summed E-state index contributed by atoms with van der Waals surface area (Å²) in [4.78, 5) is 36.4. The molecule has 10 heteroatoms. The number of thioether (sulfide) groups is 1. The predicted molar refractivity (Wildman–Crippen MR) is 90.6 cm³/mol. The second kappa shape index (κ2) is 8.84. The number of hydrogen-bond donors (Lipinski definition) is 1. The summed E-state index contributed by atoms with van der Waals surface area (Å²) in [5.74, 6) is 0.215. The van der Waals surface area contributed by atoms with Crippen molar-refractivity contribution in [3.8, 4) is 0 Å². The van der Waals surface area contributed by atoms with E-state index in [1.165, 1.54) is 18.9 Å². The number of methoxy groups -OCH3 is 1. The Morgan fingerprint density at radius 3 is 2.56 bits per heavy atom. The molecule has 1 fully saturated rings. The van der Waals surface area contributed by atoms with Crippen LogP contribution in [0.15, 0.2) is 5.16 Å². The molecule has 0 bridgehead atoms. The molecule has 138 valence electrons. The van der Waals surface area contributed by atoms with Crippen LogP contribution in [-0.4, -0.2) is 63.4 Å². The molecule has 9 nitrogen and oxygen atoms in total. The van der Waals surface area contributed by atoms with E-state index in [9.17, 15) is 14.4 Å². The van der Waals surface area contributed by atoms with Gasteiger partial charge in [0.25, 0.3) is 0 Å². The average molecular weight is 369 g/mol. The minimum atomic E-state index is -0.386. The van der Waals surface area contributed by atoms with Crippen LogP contribution < -0.4 is 5.73 Å². The Morgan fingerprint density at radius 1 is 1.28 bits per heavy atom. The molecule has 0 saturated carbocycles. The van der Waals surface area contributed by atoms with Gasteiger partial charge in [-0.2, -0.15) is 0 Å². The first kappa shape index (κ1) is 19.2. The van der Waals surface area contributed by atoms with E-state index in [1.54, 1.807) is 16.5 Å². The van der Waals surface area contributed by atoms with Gasteiger partial charge in [0.05, 0.1) is 18.8 Å². The normalized spacial score (nSPS) is 15.2. The highest BCUT2D eigenvalue weighted by Crippen LogP contribution is 2.21. The summed E-state index contributed by atoms with van der Waals surface area (Å²) >= 11 is 1.31. The summed E-state index contributed by atoms with van der Waals surface area (Å²) in [5.41, 5.74) is 5.13. The van der Waals surface area contributed by atoms with Gasteiger partial charge in [0, 0.05) is 33.0 Å². The molecule has 2 N–H and O–H groups in total. The molecule has 2 amide bonds. The first-order chi connectivity index (χ1) is 11.9. The molecule has 2 heterocycles. The van der Waals surface area contributed by atoms with Gasteiger partial charge in [0.2, 0.25) is 11.8 Å². The lowest BCUT2D eigenvalue weighted by Gasteiger charge is -2.30. The fraction of sp³-hybridized carbons (Fsp3) is 0.667. The van der Waals surface area contributed by atoms with Crippen molar-refractivity contribution in [1.29, 1.82) is 0 Å². The van der Waals surface area contributed by atoms with Crippen molar-refractivity contribution in [2.45, 2.75) is 30.8 Å². The molecule has 1 saturated heterocycles. The number of rotatable bonds is 7. The van der Waals surface area contributed by atoms with Crippen molar-refractivity contribution in [3.63, 3.8) is 0 Å².